The smallest absolute Gasteiger partial charge is 0.146 e. The zero-order valence-electron chi connectivity index (χ0n) is 11.8. The number of nitrogens with one attached hydrogen (secondary N) is 1. The summed E-state index contributed by atoms with van der Waals surface area (Å²) in [5, 5.41) is 0.717. The van der Waals surface area contributed by atoms with Crippen molar-refractivity contribution < 1.29 is 4.74 Å². The van der Waals surface area contributed by atoms with E-state index in [9.17, 15) is 0 Å². The van der Waals surface area contributed by atoms with E-state index >= 15 is 0 Å². The highest BCUT2D eigenvalue weighted by atomic mass is 35.5. The van der Waals surface area contributed by atoms with Gasteiger partial charge in [0.05, 0.1) is 12.6 Å². The monoisotopic (exact) mass is 304 g/mol. The molecule has 2 aromatic rings. The molecule has 3 N–H and O–H groups in total. The van der Waals surface area contributed by atoms with Crippen molar-refractivity contribution in [3.8, 4) is 5.75 Å². The Bertz CT molecular complexity index is 645. The van der Waals surface area contributed by atoms with Gasteiger partial charge in [0, 0.05) is 23.8 Å². The number of nitrogens with two attached hydrogens (primary N) is 1. The van der Waals surface area contributed by atoms with Gasteiger partial charge in [-0.3, -0.25) is 5.84 Å². The molecule has 0 aliphatic carbocycles. The summed E-state index contributed by atoms with van der Waals surface area (Å²) in [5.41, 5.74) is 5.97. The Kier molecular flexibility index (Phi) is 4.05. The molecule has 1 aliphatic rings. The molecule has 110 valence electrons. The first-order valence-corrected chi connectivity index (χ1v) is 7.24. The van der Waals surface area contributed by atoms with Crippen LogP contribution in [0.25, 0.3) is 0 Å². The molecule has 1 unspecified atom stereocenters. The van der Waals surface area contributed by atoms with Crippen molar-refractivity contribution in [3.05, 3.63) is 52.1 Å². The van der Waals surface area contributed by atoms with Crippen LogP contribution in [0.1, 0.15) is 28.6 Å². The van der Waals surface area contributed by atoms with Gasteiger partial charge in [-0.15, -0.1) is 0 Å². The van der Waals surface area contributed by atoms with Gasteiger partial charge in [-0.05, 0) is 42.2 Å². The van der Waals surface area contributed by atoms with Crippen LogP contribution >= 0.6 is 11.6 Å². The van der Waals surface area contributed by atoms with E-state index in [4.69, 9.17) is 22.2 Å². The number of benzene rings is 1. The zero-order chi connectivity index (χ0) is 14.8. The van der Waals surface area contributed by atoms with Crippen molar-refractivity contribution in [1.29, 1.82) is 0 Å². The van der Waals surface area contributed by atoms with Crippen molar-refractivity contribution in [2.45, 2.75) is 25.8 Å². The molecule has 21 heavy (non-hydrogen) atoms. The molecule has 0 bridgehead atoms. The normalized spacial score (nSPS) is 14.6. The summed E-state index contributed by atoms with van der Waals surface area (Å²) in [7, 11) is 0. The molecule has 1 aromatic carbocycles. The molecule has 2 heterocycles. The summed E-state index contributed by atoms with van der Waals surface area (Å²) in [6.45, 7) is 2.65. The first-order chi connectivity index (χ1) is 10.2. The lowest BCUT2D eigenvalue weighted by atomic mass is 10.0. The third kappa shape index (κ3) is 3.00. The van der Waals surface area contributed by atoms with Gasteiger partial charge in [-0.25, -0.2) is 15.4 Å². The molecule has 0 fully saturated rings. The van der Waals surface area contributed by atoms with Gasteiger partial charge in [0.2, 0.25) is 0 Å². The summed E-state index contributed by atoms with van der Waals surface area (Å²) >= 11 is 6.18. The van der Waals surface area contributed by atoms with E-state index in [1.165, 1.54) is 0 Å². The van der Waals surface area contributed by atoms with Gasteiger partial charge in [0.15, 0.2) is 0 Å². The first-order valence-electron chi connectivity index (χ1n) is 6.86. The van der Waals surface area contributed by atoms with Gasteiger partial charge in [-0.1, -0.05) is 11.6 Å². The number of aryl methyl sites for hydroxylation is 1. The van der Waals surface area contributed by atoms with Gasteiger partial charge in [0.1, 0.15) is 11.6 Å². The maximum Gasteiger partial charge on any atom is 0.146 e. The number of fused-ring (bicyclic) bond motifs is 1. The van der Waals surface area contributed by atoms with Crippen molar-refractivity contribution in [3.63, 3.8) is 0 Å². The quantitative estimate of drug-likeness (QED) is 0.668. The van der Waals surface area contributed by atoms with Gasteiger partial charge >= 0.3 is 0 Å². The number of aromatic nitrogens is 2. The number of hydrogen-bond donors (Lipinski definition) is 2. The van der Waals surface area contributed by atoms with Crippen molar-refractivity contribution in [1.82, 2.24) is 15.4 Å². The lowest BCUT2D eigenvalue weighted by Gasteiger charge is -2.16. The SMILES string of the molecule is Cc1cnc(C(Cc2cc(Cl)cc3c2OCC3)NN)nc1. The Labute approximate surface area is 128 Å². The third-order valence-electron chi connectivity index (χ3n) is 3.56. The molecule has 0 saturated carbocycles. The Hall–Kier alpha value is -1.69. The Balaban J connectivity index is 1.89. The number of ether oxygens (including phenoxy) is 1. The average molecular weight is 305 g/mol. The van der Waals surface area contributed by atoms with Crippen molar-refractivity contribution in [2.75, 3.05) is 6.61 Å². The Morgan fingerprint density at radius 1 is 1.38 bits per heavy atom. The maximum atomic E-state index is 6.18. The van der Waals surface area contributed by atoms with E-state index in [-0.39, 0.29) is 6.04 Å². The predicted molar refractivity (Wildman–Crippen MR) is 81.2 cm³/mol. The van der Waals surface area contributed by atoms with E-state index in [1.807, 2.05) is 19.1 Å². The summed E-state index contributed by atoms with van der Waals surface area (Å²) < 4.78 is 5.72. The maximum absolute atomic E-state index is 6.18. The number of rotatable bonds is 4. The van der Waals surface area contributed by atoms with Gasteiger partial charge in [0.25, 0.3) is 0 Å². The first kappa shape index (κ1) is 14.3. The lowest BCUT2D eigenvalue weighted by Crippen LogP contribution is -2.31. The van der Waals surface area contributed by atoms with Crippen LogP contribution in [0, 0.1) is 6.92 Å². The van der Waals surface area contributed by atoms with E-state index in [0.717, 1.165) is 33.9 Å². The summed E-state index contributed by atoms with van der Waals surface area (Å²) in [6.07, 6.45) is 5.09. The molecule has 0 saturated heterocycles. The highest BCUT2D eigenvalue weighted by Gasteiger charge is 2.21. The van der Waals surface area contributed by atoms with Crippen LogP contribution in [0.2, 0.25) is 5.02 Å². The molecular formula is C15H17ClN4O. The summed E-state index contributed by atoms with van der Waals surface area (Å²) in [5.74, 6) is 7.25. The molecule has 1 aromatic heterocycles. The second-order valence-electron chi connectivity index (χ2n) is 5.19. The molecule has 1 atom stereocenters. The fourth-order valence-electron chi connectivity index (χ4n) is 2.52. The second kappa shape index (κ2) is 5.97. The number of halogens is 1. The number of hydrazine groups is 1. The van der Waals surface area contributed by atoms with Gasteiger partial charge in [-0.2, -0.15) is 0 Å². The Morgan fingerprint density at radius 2 is 2.14 bits per heavy atom. The largest absolute Gasteiger partial charge is 0.493 e. The van der Waals surface area contributed by atoms with Crippen LogP contribution in [0.4, 0.5) is 0 Å². The van der Waals surface area contributed by atoms with E-state index in [2.05, 4.69) is 15.4 Å². The topological polar surface area (TPSA) is 73.1 Å². The fourth-order valence-corrected chi connectivity index (χ4v) is 2.79. The van der Waals surface area contributed by atoms with E-state index < -0.39 is 0 Å². The summed E-state index contributed by atoms with van der Waals surface area (Å²) in [4.78, 5) is 8.67. The number of nitrogens with zero attached hydrogens (tertiary/aromatic N) is 2. The molecule has 0 amide bonds. The molecular weight excluding hydrogens is 288 g/mol. The minimum atomic E-state index is -0.183. The molecule has 0 spiro atoms. The van der Waals surface area contributed by atoms with Crippen LogP contribution in [0.15, 0.2) is 24.5 Å². The minimum Gasteiger partial charge on any atom is -0.493 e. The molecule has 6 heteroatoms. The minimum absolute atomic E-state index is 0.183. The molecule has 1 aliphatic heterocycles. The summed E-state index contributed by atoms with van der Waals surface area (Å²) in [6, 6.07) is 3.70. The molecule has 0 radical (unpaired) electrons. The standard InChI is InChI=1S/C15H17ClN4O/c1-9-7-18-15(19-8-9)13(20-17)6-11-5-12(16)4-10-2-3-21-14(10)11/h4-5,7-8,13,20H,2-3,6,17H2,1H3. The second-order valence-corrected chi connectivity index (χ2v) is 5.63. The van der Waals surface area contributed by atoms with Crippen LogP contribution < -0.4 is 16.0 Å². The van der Waals surface area contributed by atoms with E-state index in [0.29, 0.717) is 18.9 Å². The van der Waals surface area contributed by atoms with Crippen molar-refractivity contribution in [2.24, 2.45) is 5.84 Å². The van der Waals surface area contributed by atoms with Crippen molar-refractivity contribution >= 4 is 11.6 Å². The van der Waals surface area contributed by atoms with Crippen LogP contribution in [-0.2, 0) is 12.8 Å². The fraction of sp³-hybridized carbons (Fsp3) is 0.333. The van der Waals surface area contributed by atoms with E-state index in [1.54, 1.807) is 12.4 Å². The van der Waals surface area contributed by atoms with Crippen LogP contribution in [0.5, 0.6) is 5.75 Å². The lowest BCUT2D eigenvalue weighted by molar-refractivity contribution is 0.351. The Morgan fingerprint density at radius 3 is 2.86 bits per heavy atom. The highest BCUT2D eigenvalue weighted by molar-refractivity contribution is 6.30. The van der Waals surface area contributed by atoms with Crippen LogP contribution in [0.3, 0.4) is 0 Å². The zero-order valence-corrected chi connectivity index (χ0v) is 12.5. The molecule has 5 nitrogen and oxygen atoms in total. The molecule has 3 rings (SSSR count). The average Bonchev–Trinajstić information content (AvgIpc) is 2.94. The van der Waals surface area contributed by atoms with Gasteiger partial charge < -0.3 is 4.74 Å². The number of hydrogen-bond acceptors (Lipinski definition) is 5. The predicted octanol–water partition coefficient (Wildman–Crippen LogP) is 2.12. The third-order valence-corrected chi connectivity index (χ3v) is 3.78. The highest BCUT2D eigenvalue weighted by Crippen LogP contribution is 2.34. The van der Waals surface area contributed by atoms with Crippen LogP contribution in [-0.4, -0.2) is 16.6 Å².